The van der Waals surface area contributed by atoms with Crippen molar-refractivity contribution in [3.63, 3.8) is 0 Å². The second kappa shape index (κ2) is 10.7. The van der Waals surface area contributed by atoms with Crippen molar-refractivity contribution < 1.29 is 28.6 Å². The zero-order valence-electron chi connectivity index (χ0n) is 19.9. The van der Waals surface area contributed by atoms with Gasteiger partial charge in [0.25, 0.3) is 5.91 Å². The minimum atomic E-state index is -0.837. The number of carbonyl (C=O) groups is 3. The van der Waals surface area contributed by atoms with E-state index in [1.807, 2.05) is 31.2 Å². The van der Waals surface area contributed by atoms with E-state index in [1.165, 1.54) is 7.11 Å². The molecule has 1 heterocycles. The summed E-state index contributed by atoms with van der Waals surface area (Å²) in [6.07, 6.45) is -0.837. The van der Waals surface area contributed by atoms with E-state index in [1.54, 1.807) is 39.0 Å². The van der Waals surface area contributed by atoms with Gasteiger partial charge in [0, 0.05) is 11.4 Å². The Balaban J connectivity index is 1.90. The molecule has 180 valence electrons. The SMILES string of the molecule is CCOC(=O)[C@H](C)Oc1ccc([C@H]2NC(=O)NC(C)=C2C(=O)Nc2ccc(C)cc2)cc1OC. The Hall–Kier alpha value is -4.01. The van der Waals surface area contributed by atoms with E-state index in [0.29, 0.717) is 34.0 Å². The number of urea groups is 1. The van der Waals surface area contributed by atoms with Crippen molar-refractivity contribution in [2.75, 3.05) is 19.0 Å². The molecule has 0 fully saturated rings. The van der Waals surface area contributed by atoms with Gasteiger partial charge in [-0.2, -0.15) is 0 Å². The molecule has 0 radical (unpaired) electrons. The van der Waals surface area contributed by atoms with Crippen LogP contribution in [0.15, 0.2) is 53.7 Å². The number of ether oxygens (including phenoxy) is 3. The second-order valence-electron chi connectivity index (χ2n) is 7.81. The van der Waals surface area contributed by atoms with E-state index in [9.17, 15) is 14.4 Å². The zero-order valence-corrected chi connectivity index (χ0v) is 19.9. The van der Waals surface area contributed by atoms with Crippen molar-refractivity contribution >= 4 is 23.6 Å². The number of carbonyl (C=O) groups excluding carboxylic acids is 3. The van der Waals surface area contributed by atoms with Crippen LogP contribution >= 0.6 is 0 Å². The fourth-order valence-electron chi connectivity index (χ4n) is 3.54. The number of rotatable bonds is 8. The first-order valence-corrected chi connectivity index (χ1v) is 10.9. The lowest BCUT2D eigenvalue weighted by Gasteiger charge is -2.29. The van der Waals surface area contributed by atoms with E-state index in [0.717, 1.165) is 5.56 Å². The number of nitrogens with one attached hydrogen (secondary N) is 3. The van der Waals surface area contributed by atoms with Gasteiger partial charge in [0.15, 0.2) is 17.6 Å². The number of anilines is 1. The molecule has 2 atom stereocenters. The van der Waals surface area contributed by atoms with Crippen molar-refractivity contribution in [1.29, 1.82) is 0 Å². The lowest BCUT2D eigenvalue weighted by atomic mass is 9.94. The third-order valence-corrected chi connectivity index (χ3v) is 5.27. The summed E-state index contributed by atoms with van der Waals surface area (Å²) in [6.45, 7) is 7.18. The molecule has 3 rings (SSSR count). The Kier molecular flexibility index (Phi) is 7.78. The van der Waals surface area contributed by atoms with Crippen LogP contribution in [0.2, 0.25) is 0 Å². The predicted octanol–water partition coefficient (Wildman–Crippen LogP) is 3.60. The number of hydrogen-bond donors (Lipinski definition) is 3. The average molecular weight is 468 g/mol. The van der Waals surface area contributed by atoms with Crippen LogP contribution < -0.4 is 25.4 Å². The summed E-state index contributed by atoms with van der Waals surface area (Å²) in [7, 11) is 1.47. The van der Waals surface area contributed by atoms with Gasteiger partial charge < -0.3 is 30.2 Å². The Morgan fingerprint density at radius 2 is 1.79 bits per heavy atom. The summed E-state index contributed by atoms with van der Waals surface area (Å²) in [6, 6.07) is 11.3. The van der Waals surface area contributed by atoms with Gasteiger partial charge in [-0.05, 0) is 57.5 Å². The summed E-state index contributed by atoms with van der Waals surface area (Å²) in [5, 5.41) is 8.33. The van der Waals surface area contributed by atoms with Crippen molar-refractivity contribution in [3.05, 3.63) is 64.9 Å². The molecule has 1 aliphatic rings. The number of methoxy groups -OCH3 is 1. The largest absolute Gasteiger partial charge is 0.493 e. The fraction of sp³-hybridized carbons (Fsp3) is 0.320. The van der Waals surface area contributed by atoms with E-state index >= 15 is 0 Å². The summed E-state index contributed by atoms with van der Waals surface area (Å²) >= 11 is 0. The fourth-order valence-corrected chi connectivity index (χ4v) is 3.54. The maximum Gasteiger partial charge on any atom is 0.347 e. The van der Waals surface area contributed by atoms with Crippen LogP contribution in [0.1, 0.15) is 37.9 Å². The number of aryl methyl sites for hydroxylation is 1. The van der Waals surface area contributed by atoms with Crippen LogP contribution in [0.5, 0.6) is 11.5 Å². The second-order valence-corrected chi connectivity index (χ2v) is 7.81. The van der Waals surface area contributed by atoms with E-state index < -0.39 is 24.1 Å². The van der Waals surface area contributed by atoms with Gasteiger partial charge >= 0.3 is 12.0 Å². The molecule has 9 nitrogen and oxygen atoms in total. The molecule has 3 N–H and O–H groups in total. The Morgan fingerprint density at radius 3 is 2.44 bits per heavy atom. The van der Waals surface area contributed by atoms with Crippen LogP contribution in [0.25, 0.3) is 0 Å². The molecule has 0 aromatic heterocycles. The van der Waals surface area contributed by atoms with Gasteiger partial charge in [-0.15, -0.1) is 0 Å². The third kappa shape index (κ3) is 5.67. The number of hydrogen-bond acceptors (Lipinski definition) is 6. The summed E-state index contributed by atoms with van der Waals surface area (Å²) in [5.41, 5.74) is 3.12. The first kappa shape index (κ1) is 24.6. The normalized spacial score (nSPS) is 16.1. The standard InChI is InChI=1S/C25H29N3O6/c1-6-33-24(30)16(4)34-19-12-9-17(13-20(19)32-5)22-21(15(3)26-25(31)28-22)23(29)27-18-10-7-14(2)8-11-18/h7-13,16,22H,6H2,1-5H3,(H,27,29)(H2,26,28,31)/t16-,22+/m0/s1. The van der Waals surface area contributed by atoms with E-state index in [2.05, 4.69) is 16.0 Å². The molecule has 2 aromatic carbocycles. The Bertz CT molecular complexity index is 1110. The van der Waals surface area contributed by atoms with Gasteiger partial charge in [0.05, 0.1) is 25.3 Å². The van der Waals surface area contributed by atoms with Gasteiger partial charge in [0.1, 0.15) is 0 Å². The highest BCUT2D eigenvalue weighted by molar-refractivity contribution is 6.06. The van der Waals surface area contributed by atoms with Crippen molar-refractivity contribution in [2.45, 2.75) is 39.8 Å². The van der Waals surface area contributed by atoms with Crippen molar-refractivity contribution in [2.24, 2.45) is 0 Å². The Morgan fingerprint density at radius 1 is 1.09 bits per heavy atom. The number of benzene rings is 2. The molecule has 2 aromatic rings. The molecule has 34 heavy (non-hydrogen) atoms. The summed E-state index contributed by atoms with van der Waals surface area (Å²) < 4.78 is 16.1. The van der Waals surface area contributed by atoms with Gasteiger partial charge in [0.2, 0.25) is 0 Å². The van der Waals surface area contributed by atoms with Crippen molar-refractivity contribution in [1.82, 2.24) is 10.6 Å². The van der Waals surface area contributed by atoms with E-state index in [4.69, 9.17) is 14.2 Å². The van der Waals surface area contributed by atoms with Gasteiger partial charge in [-0.1, -0.05) is 23.8 Å². The van der Waals surface area contributed by atoms with Crippen LogP contribution in [0.4, 0.5) is 10.5 Å². The van der Waals surface area contributed by atoms with Crippen LogP contribution in [-0.4, -0.2) is 37.7 Å². The lowest BCUT2D eigenvalue weighted by molar-refractivity contribution is -0.150. The molecule has 0 saturated carbocycles. The van der Waals surface area contributed by atoms with Crippen molar-refractivity contribution in [3.8, 4) is 11.5 Å². The highest BCUT2D eigenvalue weighted by atomic mass is 16.6. The number of amides is 3. The van der Waals surface area contributed by atoms with Gasteiger partial charge in [-0.25, -0.2) is 9.59 Å². The summed E-state index contributed by atoms with van der Waals surface area (Å²) in [4.78, 5) is 37.3. The first-order chi connectivity index (χ1) is 16.2. The van der Waals surface area contributed by atoms with E-state index in [-0.39, 0.29) is 12.5 Å². The molecular formula is C25H29N3O6. The monoisotopic (exact) mass is 467 g/mol. The first-order valence-electron chi connectivity index (χ1n) is 10.9. The molecule has 1 aliphatic heterocycles. The van der Waals surface area contributed by atoms with Gasteiger partial charge in [-0.3, -0.25) is 4.79 Å². The third-order valence-electron chi connectivity index (χ3n) is 5.27. The average Bonchev–Trinajstić information content (AvgIpc) is 2.80. The molecular weight excluding hydrogens is 438 g/mol. The molecule has 0 spiro atoms. The maximum atomic E-state index is 13.2. The predicted molar refractivity (Wildman–Crippen MR) is 127 cm³/mol. The number of allylic oxidation sites excluding steroid dienone is 1. The smallest absolute Gasteiger partial charge is 0.347 e. The molecule has 0 unspecified atom stereocenters. The minimum absolute atomic E-state index is 0.247. The molecule has 0 aliphatic carbocycles. The molecule has 0 saturated heterocycles. The lowest BCUT2D eigenvalue weighted by Crippen LogP contribution is -2.46. The highest BCUT2D eigenvalue weighted by Crippen LogP contribution is 2.35. The summed E-state index contributed by atoms with van der Waals surface area (Å²) in [5.74, 6) is -0.169. The highest BCUT2D eigenvalue weighted by Gasteiger charge is 2.32. The molecule has 0 bridgehead atoms. The minimum Gasteiger partial charge on any atom is -0.493 e. The van der Waals surface area contributed by atoms with Crippen LogP contribution in [-0.2, 0) is 14.3 Å². The molecule has 9 heteroatoms. The quantitative estimate of drug-likeness (QED) is 0.511. The molecule has 3 amide bonds. The van der Waals surface area contributed by atoms with Crippen LogP contribution in [0, 0.1) is 6.92 Å². The topological polar surface area (TPSA) is 115 Å². The van der Waals surface area contributed by atoms with Crippen LogP contribution in [0.3, 0.4) is 0 Å². The number of esters is 1. The Labute approximate surface area is 198 Å². The zero-order chi connectivity index (χ0) is 24.8. The maximum absolute atomic E-state index is 13.2.